The highest BCUT2D eigenvalue weighted by atomic mass is 16.5. The summed E-state index contributed by atoms with van der Waals surface area (Å²) in [4.78, 5) is 38.5. The second kappa shape index (κ2) is 9.27. The molecule has 1 aromatic heterocycles. The van der Waals surface area contributed by atoms with Crippen LogP contribution in [-0.4, -0.2) is 53.3 Å². The van der Waals surface area contributed by atoms with Crippen LogP contribution < -0.4 is 10.9 Å². The van der Waals surface area contributed by atoms with Gasteiger partial charge in [-0.1, -0.05) is 30.3 Å². The standard InChI is InChI=1S/C20H24N4O4/c1-28-13-12-24-19(26)10-9-16(22-24)20(27)21-17(15-6-3-2-4-7-15)14-23-11-5-8-18(23)25/h2-4,6-7,9-10,17H,5,8,11-14H2,1H3,(H,21,27)/t17-/m0/s1. The number of amides is 2. The van der Waals surface area contributed by atoms with Crippen molar-refractivity contribution in [1.82, 2.24) is 20.0 Å². The third-order valence-electron chi connectivity index (χ3n) is 4.69. The highest BCUT2D eigenvalue weighted by molar-refractivity contribution is 5.92. The average molecular weight is 384 g/mol. The van der Waals surface area contributed by atoms with Gasteiger partial charge in [0.15, 0.2) is 0 Å². The van der Waals surface area contributed by atoms with Gasteiger partial charge in [0.2, 0.25) is 5.91 Å². The van der Waals surface area contributed by atoms with E-state index in [0.29, 0.717) is 26.1 Å². The smallest absolute Gasteiger partial charge is 0.272 e. The van der Waals surface area contributed by atoms with E-state index in [-0.39, 0.29) is 29.7 Å². The first-order valence-corrected chi connectivity index (χ1v) is 9.29. The van der Waals surface area contributed by atoms with E-state index < -0.39 is 5.91 Å². The quantitative estimate of drug-likeness (QED) is 0.732. The van der Waals surface area contributed by atoms with Gasteiger partial charge in [-0.15, -0.1) is 0 Å². The summed E-state index contributed by atoms with van der Waals surface area (Å²) < 4.78 is 6.18. The topological polar surface area (TPSA) is 93.5 Å². The first-order chi connectivity index (χ1) is 13.6. The Morgan fingerprint density at radius 3 is 2.68 bits per heavy atom. The van der Waals surface area contributed by atoms with Crippen molar-refractivity contribution in [3.05, 3.63) is 64.1 Å². The largest absolute Gasteiger partial charge is 0.383 e. The van der Waals surface area contributed by atoms with Gasteiger partial charge in [-0.25, -0.2) is 4.68 Å². The molecule has 1 saturated heterocycles. The molecule has 1 atom stereocenters. The number of carbonyl (C=O) groups is 2. The average Bonchev–Trinajstić information content (AvgIpc) is 3.12. The number of hydrogen-bond donors (Lipinski definition) is 1. The SMILES string of the molecule is COCCn1nc(C(=O)N[C@@H](CN2CCCC2=O)c2ccccc2)ccc1=O. The summed E-state index contributed by atoms with van der Waals surface area (Å²) in [6.07, 6.45) is 1.38. The van der Waals surface area contributed by atoms with Crippen molar-refractivity contribution >= 4 is 11.8 Å². The van der Waals surface area contributed by atoms with Gasteiger partial charge in [-0.2, -0.15) is 5.10 Å². The van der Waals surface area contributed by atoms with Gasteiger partial charge in [0.05, 0.1) is 19.2 Å². The Hall–Kier alpha value is -3.00. The molecule has 2 amide bonds. The van der Waals surface area contributed by atoms with Crippen LogP contribution in [-0.2, 0) is 16.1 Å². The predicted molar refractivity (Wildman–Crippen MR) is 103 cm³/mol. The summed E-state index contributed by atoms with van der Waals surface area (Å²) >= 11 is 0. The third-order valence-corrected chi connectivity index (χ3v) is 4.69. The molecule has 1 aliphatic heterocycles. The molecule has 0 unspecified atom stereocenters. The highest BCUT2D eigenvalue weighted by Gasteiger charge is 2.26. The zero-order valence-corrected chi connectivity index (χ0v) is 15.8. The fraction of sp³-hybridized carbons (Fsp3) is 0.400. The molecule has 1 aromatic carbocycles. The lowest BCUT2D eigenvalue weighted by Gasteiger charge is -2.25. The Morgan fingerprint density at radius 1 is 1.21 bits per heavy atom. The Morgan fingerprint density at radius 2 is 2.00 bits per heavy atom. The normalized spacial score (nSPS) is 14.9. The molecule has 0 spiro atoms. The van der Waals surface area contributed by atoms with E-state index in [9.17, 15) is 14.4 Å². The molecule has 1 fully saturated rings. The van der Waals surface area contributed by atoms with E-state index in [1.165, 1.54) is 23.9 Å². The Labute approximate surface area is 163 Å². The second-order valence-electron chi connectivity index (χ2n) is 6.65. The fourth-order valence-electron chi connectivity index (χ4n) is 3.18. The number of ether oxygens (including phenoxy) is 1. The minimum atomic E-state index is -0.397. The van der Waals surface area contributed by atoms with Gasteiger partial charge < -0.3 is 15.0 Å². The van der Waals surface area contributed by atoms with Gasteiger partial charge in [0.1, 0.15) is 5.69 Å². The molecule has 28 heavy (non-hydrogen) atoms. The first-order valence-electron chi connectivity index (χ1n) is 9.29. The number of nitrogens with one attached hydrogen (secondary N) is 1. The minimum absolute atomic E-state index is 0.0985. The number of likely N-dealkylation sites (tertiary alicyclic amines) is 1. The van der Waals surface area contributed by atoms with E-state index >= 15 is 0 Å². The van der Waals surface area contributed by atoms with Crippen LogP contribution in [0.5, 0.6) is 0 Å². The molecule has 0 radical (unpaired) electrons. The van der Waals surface area contributed by atoms with E-state index in [4.69, 9.17) is 4.74 Å². The van der Waals surface area contributed by atoms with Gasteiger partial charge in [0.25, 0.3) is 11.5 Å². The van der Waals surface area contributed by atoms with E-state index in [0.717, 1.165) is 12.0 Å². The number of carbonyl (C=O) groups excluding carboxylic acids is 2. The third kappa shape index (κ3) is 4.83. The van der Waals surface area contributed by atoms with Crippen LogP contribution in [0.1, 0.15) is 34.9 Å². The highest BCUT2D eigenvalue weighted by Crippen LogP contribution is 2.19. The maximum atomic E-state index is 12.8. The van der Waals surface area contributed by atoms with Crippen molar-refractivity contribution in [2.24, 2.45) is 0 Å². The Kier molecular flexibility index (Phi) is 6.54. The van der Waals surface area contributed by atoms with Crippen molar-refractivity contribution in [2.75, 3.05) is 26.8 Å². The van der Waals surface area contributed by atoms with E-state index in [2.05, 4.69) is 10.4 Å². The van der Waals surface area contributed by atoms with Crippen molar-refractivity contribution in [3.63, 3.8) is 0 Å². The maximum Gasteiger partial charge on any atom is 0.272 e. The number of aromatic nitrogens is 2. The molecule has 1 N–H and O–H groups in total. The second-order valence-corrected chi connectivity index (χ2v) is 6.65. The maximum absolute atomic E-state index is 12.8. The predicted octanol–water partition coefficient (Wildman–Crippen LogP) is 0.983. The van der Waals surface area contributed by atoms with Crippen molar-refractivity contribution in [1.29, 1.82) is 0 Å². The van der Waals surface area contributed by atoms with Crippen LogP contribution in [0.25, 0.3) is 0 Å². The van der Waals surface area contributed by atoms with Crippen molar-refractivity contribution < 1.29 is 14.3 Å². The molecular weight excluding hydrogens is 360 g/mol. The molecule has 2 heterocycles. The number of benzene rings is 1. The molecule has 3 rings (SSSR count). The zero-order valence-electron chi connectivity index (χ0n) is 15.8. The van der Waals surface area contributed by atoms with Gasteiger partial charge in [-0.05, 0) is 18.1 Å². The van der Waals surface area contributed by atoms with Gasteiger partial charge >= 0.3 is 0 Å². The molecule has 1 aliphatic rings. The minimum Gasteiger partial charge on any atom is -0.383 e. The number of nitrogens with zero attached hydrogens (tertiary/aromatic N) is 3. The Balaban J connectivity index is 1.79. The summed E-state index contributed by atoms with van der Waals surface area (Å²) in [6, 6.07) is 11.9. The lowest BCUT2D eigenvalue weighted by molar-refractivity contribution is -0.128. The molecule has 8 heteroatoms. The lowest BCUT2D eigenvalue weighted by Crippen LogP contribution is -2.39. The van der Waals surface area contributed by atoms with E-state index in [1.54, 1.807) is 4.90 Å². The van der Waals surface area contributed by atoms with Crippen LogP contribution >= 0.6 is 0 Å². The summed E-state index contributed by atoms with van der Waals surface area (Å²) in [5, 5.41) is 7.09. The number of hydrogen-bond acceptors (Lipinski definition) is 5. The van der Waals surface area contributed by atoms with Crippen LogP contribution in [0.4, 0.5) is 0 Å². The van der Waals surface area contributed by atoms with Crippen molar-refractivity contribution in [3.8, 4) is 0 Å². The summed E-state index contributed by atoms with van der Waals surface area (Å²) in [5.74, 6) is -0.298. The van der Waals surface area contributed by atoms with Crippen molar-refractivity contribution in [2.45, 2.75) is 25.4 Å². The molecule has 0 aliphatic carbocycles. The lowest BCUT2D eigenvalue weighted by atomic mass is 10.1. The molecule has 2 aromatic rings. The van der Waals surface area contributed by atoms with Crippen LogP contribution in [0.2, 0.25) is 0 Å². The fourth-order valence-corrected chi connectivity index (χ4v) is 3.18. The Bertz CT molecular complexity index is 881. The zero-order chi connectivity index (χ0) is 19.9. The van der Waals surface area contributed by atoms with Gasteiger partial charge in [-0.3, -0.25) is 14.4 Å². The van der Waals surface area contributed by atoms with Crippen LogP contribution in [0.15, 0.2) is 47.3 Å². The molecular formula is C20H24N4O4. The summed E-state index contributed by atoms with van der Waals surface area (Å²) in [5.41, 5.74) is 0.753. The molecule has 0 bridgehead atoms. The molecule has 0 saturated carbocycles. The van der Waals surface area contributed by atoms with Crippen LogP contribution in [0, 0.1) is 0 Å². The monoisotopic (exact) mass is 384 g/mol. The molecule has 8 nitrogen and oxygen atoms in total. The first kappa shape index (κ1) is 19.8. The van der Waals surface area contributed by atoms with E-state index in [1.807, 2.05) is 30.3 Å². The summed E-state index contributed by atoms with van der Waals surface area (Å²) in [6.45, 7) is 1.68. The summed E-state index contributed by atoms with van der Waals surface area (Å²) in [7, 11) is 1.53. The van der Waals surface area contributed by atoms with Gasteiger partial charge in [0, 0.05) is 32.7 Å². The number of rotatable bonds is 8. The number of methoxy groups -OCH3 is 1. The molecule has 148 valence electrons. The van der Waals surface area contributed by atoms with Crippen LogP contribution in [0.3, 0.4) is 0 Å².